The summed E-state index contributed by atoms with van der Waals surface area (Å²) >= 11 is 0. The SMILES string of the molecule is CNc1ccc([N+](=O)[O-])cc1C(=O)OCC(=O)Nc1ccc(S(=O)(=O)C(F)F)cc1. The molecular weight excluding hydrogens is 428 g/mol. The molecule has 2 aromatic rings. The van der Waals surface area contributed by atoms with Gasteiger partial charge in [0.2, 0.25) is 9.84 Å². The Balaban J connectivity index is 2.02. The number of rotatable bonds is 8. The van der Waals surface area contributed by atoms with Crippen molar-refractivity contribution in [2.24, 2.45) is 0 Å². The summed E-state index contributed by atoms with van der Waals surface area (Å²) in [6.45, 7) is -0.748. The second kappa shape index (κ2) is 9.26. The number of amides is 1. The summed E-state index contributed by atoms with van der Waals surface area (Å²) in [6, 6.07) is 7.46. The van der Waals surface area contributed by atoms with Crippen LogP contribution >= 0.6 is 0 Å². The van der Waals surface area contributed by atoms with Crippen LogP contribution in [0.15, 0.2) is 47.4 Å². The average molecular weight is 443 g/mol. The monoisotopic (exact) mass is 443 g/mol. The van der Waals surface area contributed by atoms with E-state index < -0.39 is 43.9 Å². The van der Waals surface area contributed by atoms with E-state index in [0.29, 0.717) is 0 Å². The van der Waals surface area contributed by atoms with Crippen molar-refractivity contribution in [3.63, 3.8) is 0 Å². The minimum absolute atomic E-state index is 0.0792. The van der Waals surface area contributed by atoms with Crippen LogP contribution < -0.4 is 10.6 Å². The Hall–Kier alpha value is -3.61. The highest BCUT2D eigenvalue weighted by molar-refractivity contribution is 7.91. The van der Waals surface area contributed by atoms with Crippen LogP contribution in [0.3, 0.4) is 0 Å². The van der Waals surface area contributed by atoms with Crippen LogP contribution in [0.1, 0.15) is 10.4 Å². The van der Waals surface area contributed by atoms with Gasteiger partial charge in [-0.15, -0.1) is 0 Å². The highest BCUT2D eigenvalue weighted by atomic mass is 32.2. The molecule has 0 saturated carbocycles. The lowest BCUT2D eigenvalue weighted by Gasteiger charge is -2.10. The van der Waals surface area contributed by atoms with Gasteiger partial charge in [0, 0.05) is 30.6 Å². The maximum absolute atomic E-state index is 12.5. The summed E-state index contributed by atoms with van der Waals surface area (Å²) in [6.07, 6.45) is 0. The van der Waals surface area contributed by atoms with Gasteiger partial charge in [-0.3, -0.25) is 14.9 Å². The largest absolute Gasteiger partial charge is 0.452 e. The molecule has 0 aromatic heterocycles. The van der Waals surface area contributed by atoms with Crippen molar-refractivity contribution in [3.8, 4) is 0 Å². The number of sulfone groups is 1. The molecule has 0 saturated heterocycles. The predicted octanol–water partition coefficient (Wildman–Crippen LogP) is 2.43. The van der Waals surface area contributed by atoms with Gasteiger partial charge in [0.1, 0.15) is 0 Å². The number of carbonyl (C=O) groups excluding carboxylic acids is 2. The third-order valence-electron chi connectivity index (χ3n) is 3.74. The molecule has 0 spiro atoms. The van der Waals surface area contributed by atoms with E-state index in [4.69, 9.17) is 4.74 Å². The minimum Gasteiger partial charge on any atom is -0.452 e. The molecule has 1 amide bonds. The number of alkyl halides is 2. The van der Waals surface area contributed by atoms with Crippen molar-refractivity contribution in [2.75, 3.05) is 24.3 Å². The van der Waals surface area contributed by atoms with Crippen molar-refractivity contribution in [3.05, 3.63) is 58.1 Å². The molecule has 10 nitrogen and oxygen atoms in total. The first-order valence-electron chi connectivity index (χ1n) is 8.11. The summed E-state index contributed by atoms with van der Waals surface area (Å²) in [5.41, 5.74) is -0.164. The Labute approximate surface area is 168 Å². The van der Waals surface area contributed by atoms with Crippen molar-refractivity contribution < 1.29 is 36.4 Å². The van der Waals surface area contributed by atoms with E-state index in [1.54, 1.807) is 0 Å². The van der Waals surface area contributed by atoms with Gasteiger partial charge >= 0.3 is 11.7 Å². The first-order valence-corrected chi connectivity index (χ1v) is 9.66. The second-order valence-corrected chi connectivity index (χ2v) is 7.61. The lowest BCUT2D eigenvalue weighted by molar-refractivity contribution is -0.384. The standard InChI is InChI=1S/C17H15F2N3O7S/c1-20-14-7-4-11(22(25)26)8-13(14)16(24)29-9-15(23)21-10-2-5-12(6-3-10)30(27,28)17(18)19/h2-8,17,20H,9H2,1H3,(H,21,23). The van der Waals surface area contributed by atoms with Crippen LogP contribution in [0.25, 0.3) is 0 Å². The van der Waals surface area contributed by atoms with Gasteiger partial charge in [-0.1, -0.05) is 0 Å². The molecule has 0 heterocycles. The number of nitro benzene ring substituents is 1. The molecule has 0 aliphatic heterocycles. The zero-order chi connectivity index (χ0) is 22.5. The number of halogens is 2. The number of carbonyl (C=O) groups is 2. The van der Waals surface area contributed by atoms with E-state index >= 15 is 0 Å². The van der Waals surface area contributed by atoms with Gasteiger partial charge in [0.15, 0.2) is 6.61 Å². The molecule has 2 N–H and O–H groups in total. The summed E-state index contributed by atoms with van der Waals surface area (Å²) in [5, 5.41) is 15.8. The van der Waals surface area contributed by atoms with Crippen molar-refractivity contribution in [1.29, 1.82) is 0 Å². The van der Waals surface area contributed by atoms with Crippen LogP contribution in [0.5, 0.6) is 0 Å². The number of nitrogens with one attached hydrogen (secondary N) is 2. The van der Waals surface area contributed by atoms with Gasteiger partial charge in [0.05, 0.1) is 15.4 Å². The summed E-state index contributed by atoms with van der Waals surface area (Å²) in [7, 11) is -3.27. The number of nitrogens with zero attached hydrogens (tertiary/aromatic N) is 1. The van der Waals surface area contributed by atoms with Gasteiger partial charge < -0.3 is 15.4 Å². The Kier molecular flexibility index (Phi) is 7.00. The van der Waals surface area contributed by atoms with Crippen molar-refractivity contribution in [1.82, 2.24) is 0 Å². The Morgan fingerprint density at radius 2 is 1.80 bits per heavy atom. The highest BCUT2D eigenvalue weighted by Crippen LogP contribution is 2.23. The van der Waals surface area contributed by atoms with Crippen LogP contribution in [-0.4, -0.2) is 44.6 Å². The maximum Gasteiger partial charge on any atom is 0.341 e. The molecule has 2 rings (SSSR count). The number of ether oxygens (including phenoxy) is 1. The fourth-order valence-corrected chi connectivity index (χ4v) is 2.99. The number of hydrogen-bond donors (Lipinski definition) is 2. The van der Waals surface area contributed by atoms with Gasteiger partial charge in [0.25, 0.3) is 11.6 Å². The minimum atomic E-state index is -4.76. The van der Waals surface area contributed by atoms with Crippen LogP contribution in [0.4, 0.5) is 25.8 Å². The Bertz CT molecular complexity index is 1070. The Morgan fingerprint density at radius 1 is 1.17 bits per heavy atom. The molecule has 160 valence electrons. The molecule has 2 aromatic carbocycles. The zero-order valence-electron chi connectivity index (χ0n) is 15.3. The smallest absolute Gasteiger partial charge is 0.341 e. The fourth-order valence-electron chi connectivity index (χ4n) is 2.27. The molecule has 13 heteroatoms. The molecule has 0 aliphatic rings. The highest BCUT2D eigenvalue weighted by Gasteiger charge is 2.26. The summed E-state index contributed by atoms with van der Waals surface area (Å²) in [5.74, 6) is -5.37. The van der Waals surface area contributed by atoms with Crippen molar-refractivity contribution >= 4 is 38.8 Å². The summed E-state index contributed by atoms with van der Waals surface area (Å²) < 4.78 is 52.5. The van der Waals surface area contributed by atoms with Crippen LogP contribution in [-0.2, 0) is 19.4 Å². The van der Waals surface area contributed by atoms with E-state index in [0.717, 1.165) is 30.3 Å². The third-order valence-corrected chi connectivity index (χ3v) is 5.14. The van der Waals surface area contributed by atoms with E-state index in [1.807, 2.05) is 0 Å². The third kappa shape index (κ3) is 5.26. The lowest BCUT2D eigenvalue weighted by atomic mass is 10.1. The maximum atomic E-state index is 12.5. The van der Waals surface area contributed by atoms with E-state index in [1.165, 1.54) is 19.2 Å². The van der Waals surface area contributed by atoms with E-state index in [-0.39, 0.29) is 22.6 Å². The molecule has 0 aliphatic carbocycles. The number of nitro groups is 1. The van der Waals surface area contributed by atoms with Gasteiger partial charge in [-0.2, -0.15) is 8.78 Å². The lowest BCUT2D eigenvalue weighted by Crippen LogP contribution is -2.21. The Morgan fingerprint density at radius 3 is 2.33 bits per heavy atom. The van der Waals surface area contributed by atoms with E-state index in [2.05, 4.69) is 10.6 Å². The second-order valence-electron chi connectivity index (χ2n) is 5.69. The van der Waals surface area contributed by atoms with Gasteiger partial charge in [-0.25, -0.2) is 13.2 Å². The molecule has 0 unspecified atom stereocenters. The van der Waals surface area contributed by atoms with Crippen LogP contribution in [0, 0.1) is 10.1 Å². The van der Waals surface area contributed by atoms with Crippen LogP contribution in [0.2, 0.25) is 0 Å². The first kappa shape index (κ1) is 22.7. The molecular formula is C17H15F2N3O7S. The molecule has 0 bridgehead atoms. The molecule has 0 atom stereocenters. The number of benzene rings is 2. The normalized spacial score (nSPS) is 11.1. The number of hydrogen-bond acceptors (Lipinski definition) is 8. The zero-order valence-corrected chi connectivity index (χ0v) is 16.1. The molecule has 0 radical (unpaired) electrons. The first-order chi connectivity index (χ1) is 14.1. The predicted molar refractivity (Wildman–Crippen MR) is 101 cm³/mol. The number of esters is 1. The van der Waals surface area contributed by atoms with Gasteiger partial charge in [-0.05, 0) is 30.3 Å². The fraction of sp³-hybridized carbons (Fsp3) is 0.176. The van der Waals surface area contributed by atoms with E-state index in [9.17, 15) is 36.9 Å². The number of non-ortho nitro benzene ring substituents is 1. The molecule has 30 heavy (non-hydrogen) atoms. The quantitative estimate of drug-likeness (QED) is 0.359. The average Bonchev–Trinajstić information content (AvgIpc) is 2.71. The van der Waals surface area contributed by atoms with Crippen molar-refractivity contribution in [2.45, 2.75) is 10.7 Å². The molecule has 0 fully saturated rings. The summed E-state index contributed by atoms with van der Waals surface area (Å²) in [4.78, 5) is 33.6. The number of anilines is 2. The topological polar surface area (TPSA) is 145 Å².